The van der Waals surface area contributed by atoms with Crippen molar-refractivity contribution in [3.05, 3.63) is 29.6 Å². The number of nitrogens with one attached hydrogen (secondary N) is 2. The van der Waals surface area contributed by atoms with Gasteiger partial charge in [0.25, 0.3) is 0 Å². The van der Waals surface area contributed by atoms with Crippen LogP contribution in [-0.4, -0.2) is 12.1 Å². The number of carbonyl (C=O) groups excluding carboxylic acids is 1. The Labute approximate surface area is 109 Å². The number of hydrogen-bond acceptors (Lipinski definition) is 1. The van der Waals surface area contributed by atoms with Gasteiger partial charge in [0.1, 0.15) is 5.82 Å². The highest BCUT2D eigenvalue weighted by Crippen LogP contribution is 2.20. The van der Waals surface area contributed by atoms with Crippen LogP contribution in [0.25, 0.3) is 0 Å². The molecule has 0 radical (unpaired) electrons. The molecule has 19 heavy (non-hydrogen) atoms. The van der Waals surface area contributed by atoms with Crippen LogP contribution in [0.3, 0.4) is 0 Å². The quantitative estimate of drug-likeness (QED) is 0.794. The van der Waals surface area contributed by atoms with E-state index in [1.807, 2.05) is 0 Å². The van der Waals surface area contributed by atoms with Crippen molar-refractivity contribution < 1.29 is 18.0 Å². The van der Waals surface area contributed by atoms with Gasteiger partial charge in [-0.25, -0.2) is 18.0 Å². The summed E-state index contributed by atoms with van der Waals surface area (Å²) in [4.78, 5) is 11.6. The van der Waals surface area contributed by atoms with Crippen LogP contribution in [0.2, 0.25) is 0 Å². The van der Waals surface area contributed by atoms with Crippen molar-refractivity contribution in [2.45, 2.75) is 38.1 Å². The maximum atomic E-state index is 13.3. The molecule has 0 atom stereocenters. The van der Waals surface area contributed by atoms with Crippen LogP contribution in [0, 0.1) is 17.5 Å². The number of halogens is 3. The van der Waals surface area contributed by atoms with E-state index in [4.69, 9.17) is 0 Å². The van der Waals surface area contributed by atoms with Crippen molar-refractivity contribution in [1.29, 1.82) is 0 Å². The number of benzene rings is 1. The molecule has 1 aromatic carbocycles. The van der Waals surface area contributed by atoms with Crippen LogP contribution in [0.15, 0.2) is 12.1 Å². The fourth-order valence-electron chi connectivity index (χ4n) is 2.24. The van der Waals surface area contributed by atoms with Crippen molar-refractivity contribution in [2.24, 2.45) is 0 Å². The number of hydrogen-bond donors (Lipinski definition) is 2. The molecule has 1 aliphatic carbocycles. The number of rotatable bonds is 2. The lowest BCUT2D eigenvalue weighted by atomic mass is 9.96. The highest BCUT2D eigenvalue weighted by Gasteiger charge is 2.18. The summed E-state index contributed by atoms with van der Waals surface area (Å²) in [5, 5.41) is 4.81. The molecule has 1 aromatic rings. The van der Waals surface area contributed by atoms with Gasteiger partial charge in [0.15, 0.2) is 11.6 Å². The lowest BCUT2D eigenvalue weighted by molar-refractivity contribution is 0.244. The molecule has 0 unspecified atom stereocenters. The summed E-state index contributed by atoms with van der Waals surface area (Å²) in [6.07, 6.45) is 4.95. The van der Waals surface area contributed by atoms with Gasteiger partial charge in [-0.2, -0.15) is 0 Å². The van der Waals surface area contributed by atoms with E-state index in [0.29, 0.717) is 6.07 Å². The first-order valence-electron chi connectivity index (χ1n) is 6.28. The van der Waals surface area contributed by atoms with Crippen LogP contribution in [0.1, 0.15) is 32.1 Å². The van der Waals surface area contributed by atoms with E-state index in [1.54, 1.807) is 0 Å². The third-order valence-corrected chi connectivity index (χ3v) is 3.18. The Morgan fingerprint density at radius 2 is 1.79 bits per heavy atom. The zero-order valence-corrected chi connectivity index (χ0v) is 10.3. The molecule has 0 aromatic heterocycles. The first-order chi connectivity index (χ1) is 9.06. The van der Waals surface area contributed by atoms with E-state index in [1.165, 1.54) is 0 Å². The number of amides is 2. The molecule has 0 aliphatic heterocycles. The summed E-state index contributed by atoms with van der Waals surface area (Å²) in [6, 6.07) is 0.573. The van der Waals surface area contributed by atoms with Crippen molar-refractivity contribution in [1.82, 2.24) is 5.32 Å². The van der Waals surface area contributed by atoms with Crippen molar-refractivity contribution in [3.8, 4) is 0 Å². The summed E-state index contributed by atoms with van der Waals surface area (Å²) < 4.78 is 39.2. The van der Waals surface area contributed by atoms with E-state index in [2.05, 4.69) is 10.6 Å². The first kappa shape index (κ1) is 13.7. The highest BCUT2D eigenvalue weighted by molar-refractivity contribution is 5.89. The third-order valence-electron chi connectivity index (χ3n) is 3.18. The van der Waals surface area contributed by atoms with Crippen molar-refractivity contribution in [2.75, 3.05) is 5.32 Å². The Hall–Kier alpha value is -1.72. The minimum atomic E-state index is -1.33. The third kappa shape index (κ3) is 3.62. The van der Waals surface area contributed by atoms with E-state index >= 15 is 0 Å². The lowest BCUT2D eigenvalue weighted by Gasteiger charge is -2.22. The molecule has 2 rings (SSSR count). The van der Waals surface area contributed by atoms with Crippen LogP contribution < -0.4 is 10.6 Å². The summed E-state index contributed by atoms with van der Waals surface area (Å²) >= 11 is 0. The molecule has 1 fully saturated rings. The monoisotopic (exact) mass is 272 g/mol. The number of urea groups is 1. The van der Waals surface area contributed by atoms with Gasteiger partial charge in [0.05, 0.1) is 5.69 Å². The number of anilines is 1. The van der Waals surface area contributed by atoms with Crippen LogP contribution >= 0.6 is 0 Å². The minimum absolute atomic E-state index is 0.0372. The molecule has 0 spiro atoms. The SMILES string of the molecule is O=C(Nc1cc(F)cc(F)c1F)NC1CCCCC1. The fourth-order valence-corrected chi connectivity index (χ4v) is 2.24. The van der Waals surface area contributed by atoms with Gasteiger partial charge in [-0.1, -0.05) is 19.3 Å². The Kier molecular flexibility index (Phi) is 4.29. The molecule has 104 valence electrons. The maximum absolute atomic E-state index is 13.3. The Morgan fingerprint density at radius 1 is 1.11 bits per heavy atom. The predicted molar refractivity (Wildman–Crippen MR) is 65.3 cm³/mol. The molecule has 6 heteroatoms. The van der Waals surface area contributed by atoms with E-state index in [-0.39, 0.29) is 6.04 Å². The van der Waals surface area contributed by atoms with Gasteiger partial charge >= 0.3 is 6.03 Å². The van der Waals surface area contributed by atoms with Crippen LogP contribution in [0.5, 0.6) is 0 Å². The van der Waals surface area contributed by atoms with Gasteiger partial charge in [-0.05, 0) is 12.8 Å². The van der Waals surface area contributed by atoms with Crippen LogP contribution in [-0.2, 0) is 0 Å². The number of carbonyl (C=O) groups is 1. The smallest absolute Gasteiger partial charge is 0.319 e. The lowest BCUT2D eigenvalue weighted by Crippen LogP contribution is -2.39. The molecule has 3 nitrogen and oxygen atoms in total. The second kappa shape index (κ2) is 5.95. The average Bonchev–Trinajstić information content (AvgIpc) is 2.36. The van der Waals surface area contributed by atoms with Crippen molar-refractivity contribution in [3.63, 3.8) is 0 Å². The molecule has 2 amide bonds. The largest absolute Gasteiger partial charge is 0.335 e. The first-order valence-corrected chi connectivity index (χ1v) is 6.28. The summed E-state index contributed by atoms with van der Waals surface area (Å²) in [5.74, 6) is -3.53. The van der Waals surface area contributed by atoms with E-state index < -0.39 is 29.2 Å². The van der Waals surface area contributed by atoms with E-state index in [9.17, 15) is 18.0 Å². The average molecular weight is 272 g/mol. The Balaban J connectivity index is 1.98. The van der Waals surface area contributed by atoms with Crippen molar-refractivity contribution >= 4 is 11.7 Å². The molecule has 0 saturated heterocycles. The molecular formula is C13H15F3N2O. The zero-order valence-electron chi connectivity index (χ0n) is 10.3. The second-order valence-electron chi connectivity index (χ2n) is 4.68. The fraction of sp³-hybridized carbons (Fsp3) is 0.462. The molecule has 1 saturated carbocycles. The van der Waals surface area contributed by atoms with Gasteiger partial charge in [0.2, 0.25) is 0 Å². The summed E-state index contributed by atoms with van der Waals surface area (Å²) in [7, 11) is 0. The molecule has 1 aliphatic rings. The van der Waals surface area contributed by atoms with Crippen LogP contribution in [0.4, 0.5) is 23.7 Å². The second-order valence-corrected chi connectivity index (χ2v) is 4.68. The Morgan fingerprint density at radius 3 is 2.47 bits per heavy atom. The van der Waals surface area contributed by atoms with Gasteiger partial charge in [-0.3, -0.25) is 0 Å². The topological polar surface area (TPSA) is 41.1 Å². The van der Waals surface area contributed by atoms with Gasteiger partial charge in [0, 0.05) is 18.2 Å². The normalized spacial score (nSPS) is 16.2. The molecule has 0 heterocycles. The van der Waals surface area contributed by atoms with E-state index in [0.717, 1.165) is 38.2 Å². The highest BCUT2D eigenvalue weighted by atomic mass is 19.2. The predicted octanol–water partition coefficient (Wildman–Crippen LogP) is 3.56. The zero-order chi connectivity index (χ0) is 13.8. The Bertz CT molecular complexity index is 473. The molecule has 0 bridgehead atoms. The minimum Gasteiger partial charge on any atom is -0.335 e. The van der Waals surface area contributed by atoms with Gasteiger partial charge in [-0.15, -0.1) is 0 Å². The molecule has 2 N–H and O–H groups in total. The molecular weight excluding hydrogens is 257 g/mol. The summed E-state index contributed by atoms with van der Waals surface area (Å²) in [5.41, 5.74) is -0.495. The van der Waals surface area contributed by atoms with Gasteiger partial charge < -0.3 is 10.6 Å². The standard InChI is InChI=1S/C13H15F3N2O/c14-8-6-10(15)12(16)11(7-8)18-13(19)17-9-4-2-1-3-5-9/h6-7,9H,1-5H2,(H2,17,18,19). The maximum Gasteiger partial charge on any atom is 0.319 e. The summed E-state index contributed by atoms with van der Waals surface area (Å²) in [6.45, 7) is 0.